The van der Waals surface area contributed by atoms with Gasteiger partial charge < -0.3 is 5.73 Å². The fourth-order valence-corrected chi connectivity index (χ4v) is 3.42. The number of hydrogen-bond donors (Lipinski definition) is 2. The normalized spacial score (nSPS) is 11.2. The second-order valence-electron chi connectivity index (χ2n) is 3.42. The number of sulfonamides is 1. The molecule has 0 spiro atoms. The van der Waals surface area contributed by atoms with E-state index in [9.17, 15) is 8.42 Å². The molecule has 1 aromatic heterocycles. The van der Waals surface area contributed by atoms with Crippen LogP contribution in [0.3, 0.4) is 0 Å². The lowest BCUT2D eigenvalue weighted by Gasteiger charge is -2.09. The Kier molecular flexibility index (Phi) is 3.48. The van der Waals surface area contributed by atoms with Crippen molar-refractivity contribution < 1.29 is 8.42 Å². The first kappa shape index (κ1) is 12.8. The quantitative estimate of drug-likeness (QED) is 0.834. The summed E-state index contributed by atoms with van der Waals surface area (Å²) in [4.78, 5) is 7.56. The van der Waals surface area contributed by atoms with Crippen molar-refractivity contribution in [3.63, 3.8) is 0 Å². The number of nitrogens with one attached hydrogen (secondary N) is 1. The van der Waals surface area contributed by atoms with E-state index in [0.29, 0.717) is 15.8 Å². The third-order valence-electron chi connectivity index (χ3n) is 2.06. The van der Waals surface area contributed by atoms with Crippen molar-refractivity contribution in [3.8, 4) is 0 Å². The van der Waals surface area contributed by atoms with Gasteiger partial charge in [-0.05, 0) is 34.1 Å². The van der Waals surface area contributed by atoms with Crippen LogP contribution in [0.25, 0.3) is 0 Å². The van der Waals surface area contributed by atoms with E-state index < -0.39 is 10.0 Å². The van der Waals surface area contributed by atoms with Crippen LogP contribution in [0, 0.1) is 0 Å². The minimum atomic E-state index is -3.69. The van der Waals surface area contributed by atoms with E-state index in [1.807, 2.05) is 0 Å². The minimum Gasteiger partial charge on any atom is -0.399 e. The fraction of sp³-hybridized carbons (Fsp3) is 0. The number of halogens is 1. The molecule has 0 bridgehead atoms. The number of hydrogen-bond acceptors (Lipinski definition) is 5. The molecule has 0 saturated heterocycles. The predicted molar refractivity (Wildman–Crippen MR) is 71.4 cm³/mol. The van der Waals surface area contributed by atoms with Crippen LogP contribution in [-0.4, -0.2) is 18.4 Å². The Morgan fingerprint density at radius 1 is 1.22 bits per heavy atom. The largest absolute Gasteiger partial charge is 0.399 e. The summed E-state index contributed by atoms with van der Waals surface area (Å²) in [7, 11) is -3.69. The highest BCUT2D eigenvalue weighted by Crippen LogP contribution is 2.25. The van der Waals surface area contributed by atoms with Gasteiger partial charge in [0.15, 0.2) is 0 Å². The van der Waals surface area contributed by atoms with Gasteiger partial charge in [-0.15, -0.1) is 0 Å². The van der Waals surface area contributed by atoms with E-state index in [0.717, 1.165) is 0 Å². The lowest BCUT2D eigenvalue weighted by Crippen LogP contribution is -2.14. The second kappa shape index (κ2) is 4.91. The average molecular weight is 329 g/mol. The second-order valence-corrected chi connectivity index (χ2v) is 5.93. The fourth-order valence-electron chi connectivity index (χ4n) is 1.30. The standard InChI is InChI=1S/C10H9BrN4O2S/c11-9-3-7(12)1-2-10(9)18(16,17)15-8-4-13-6-14-5-8/h1-6,15H,12H2. The molecule has 94 valence electrons. The summed E-state index contributed by atoms with van der Waals surface area (Å²) in [5.41, 5.74) is 6.33. The van der Waals surface area contributed by atoms with Gasteiger partial charge >= 0.3 is 0 Å². The van der Waals surface area contributed by atoms with E-state index in [-0.39, 0.29) is 4.90 Å². The molecule has 3 N–H and O–H groups in total. The zero-order chi connectivity index (χ0) is 13.2. The molecule has 0 radical (unpaired) electrons. The van der Waals surface area contributed by atoms with Crippen LogP contribution in [0.4, 0.5) is 11.4 Å². The summed E-state index contributed by atoms with van der Waals surface area (Å²) in [6.45, 7) is 0. The highest BCUT2D eigenvalue weighted by Gasteiger charge is 2.17. The van der Waals surface area contributed by atoms with Crippen LogP contribution in [-0.2, 0) is 10.0 Å². The first-order chi connectivity index (χ1) is 8.49. The number of nitrogens with zero attached hydrogens (tertiary/aromatic N) is 2. The molecule has 0 aliphatic rings. The first-order valence-electron chi connectivity index (χ1n) is 4.82. The Morgan fingerprint density at radius 2 is 1.89 bits per heavy atom. The predicted octanol–water partition coefficient (Wildman–Crippen LogP) is 1.62. The molecule has 2 rings (SSSR count). The Labute approximate surface area is 112 Å². The molecule has 0 atom stereocenters. The smallest absolute Gasteiger partial charge is 0.263 e. The highest BCUT2D eigenvalue weighted by atomic mass is 79.9. The summed E-state index contributed by atoms with van der Waals surface area (Å²) in [6.07, 6.45) is 4.06. The Morgan fingerprint density at radius 3 is 2.50 bits per heavy atom. The topological polar surface area (TPSA) is 98.0 Å². The number of nitrogen functional groups attached to an aromatic ring is 1. The molecule has 2 aromatic rings. The van der Waals surface area contributed by atoms with E-state index >= 15 is 0 Å². The van der Waals surface area contributed by atoms with Crippen molar-refractivity contribution in [1.29, 1.82) is 0 Å². The van der Waals surface area contributed by atoms with Gasteiger partial charge in [0.25, 0.3) is 10.0 Å². The van der Waals surface area contributed by atoms with Crippen molar-refractivity contribution >= 4 is 37.3 Å². The Balaban J connectivity index is 2.37. The van der Waals surface area contributed by atoms with Gasteiger partial charge in [-0.1, -0.05) is 0 Å². The van der Waals surface area contributed by atoms with Gasteiger partial charge in [-0.2, -0.15) is 0 Å². The SMILES string of the molecule is Nc1ccc(S(=O)(=O)Nc2cncnc2)c(Br)c1. The third-order valence-corrected chi connectivity index (χ3v) is 4.42. The molecule has 0 aliphatic heterocycles. The molecule has 0 fully saturated rings. The van der Waals surface area contributed by atoms with Crippen molar-refractivity contribution in [2.24, 2.45) is 0 Å². The maximum absolute atomic E-state index is 12.1. The Bertz CT molecular complexity index is 661. The van der Waals surface area contributed by atoms with Crippen LogP contribution in [0.5, 0.6) is 0 Å². The van der Waals surface area contributed by atoms with Crippen LogP contribution < -0.4 is 10.5 Å². The summed E-state index contributed by atoms with van der Waals surface area (Å²) in [6, 6.07) is 4.46. The van der Waals surface area contributed by atoms with Gasteiger partial charge in [0.2, 0.25) is 0 Å². The number of anilines is 2. The molecule has 6 nitrogen and oxygen atoms in total. The molecule has 0 aliphatic carbocycles. The lowest BCUT2D eigenvalue weighted by molar-refractivity contribution is 0.600. The van der Waals surface area contributed by atoms with Crippen LogP contribution in [0.2, 0.25) is 0 Å². The molecular weight excluding hydrogens is 320 g/mol. The average Bonchev–Trinajstić information content (AvgIpc) is 2.29. The summed E-state index contributed by atoms with van der Waals surface area (Å²) < 4.78 is 27.0. The zero-order valence-electron chi connectivity index (χ0n) is 9.04. The summed E-state index contributed by atoms with van der Waals surface area (Å²) in [5.74, 6) is 0. The van der Waals surface area contributed by atoms with Crippen molar-refractivity contribution in [2.45, 2.75) is 4.90 Å². The van der Waals surface area contributed by atoms with E-state index in [4.69, 9.17) is 5.73 Å². The number of nitrogens with two attached hydrogens (primary N) is 1. The Hall–Kier alpha value is -1.67. The van der Waals surface area contributed by atoms with Gasteiger partial charge in [0.05, 0.1) is 18.1 Å². The number of benzene rings is 1. The molecular formula is C10H9BrN4O2S. The molecule has 0 unspecified atom stereocenters. The monoisotopic (exact) mass is 328 g/mol. The van der Waals surface area contributed by atoms with E-state index in [1.54, 1.807) is 0 Å². The van der Waals surface area contributed by atoms with Crippen LogP contribution in [0.1, 0.15) is 0 Å². The summed E-state index contributed by atoms with van der Waals surface area (Å²) >= 11 is 3.17. The van der Waals surface area contributed by atoms with Crippen LogP contribution >= 0.6 is 15.9 Å². The number of aromatic nitrogens is 2. The van der Waals surface area contributed by atoms with Gasteiger partial charge in [-0.25, -0.2) is 18.4 Å². The molecule has 1 aromatic carbocycles. The van der Waals surface area contributed by atoms with Crippen LogP contribution in [0.15, 0.2) is 46.3 Å². The van der Waals surface area contributed by atoms with Crippen molar-refractivity contribution in [1.82, 2.24) is 9.97 Å². The molecule has 8 heteroatoms. The van der Waals surface area contributed by atoms with Gasteiger partial charge in [0, 0.05) is 10.2 Å². The van der Waals surface area contributed by atoms with Gasteiger partial charge in [0.1, 0.15) is 11.2 Å². The molecule has 0 saturated carbocycles. The van der Waals surface area contributed by atoms with Crippen molar-refractivity contribution in [2.75, 3.05) is 10.5 Å². The molecule has 1 heterocycles. The zero-order valence-corrected chi connectivity index (χ0v) is 11.4. The summed E-state index contributed by atoms with van der Waals surface area (Å²) in [5, 5.41) is 0. The maximum Gasteiger partial charge on any atom is 0.263 e. The van der Waals surface area contributed by atoms with Gasteiger partial charge in [-0.3, -0.25) is 4.72 Å². The van der Waals surface area contributed by atoms with E-state index in [1.165, 1.54) is 36.9 Å². The molecule has 0 amide bonds. The van der Waals surface area contributed by atoms with Crippen molar-refractivity contribution in [3.05, 3.63) is 41.4 Å². The maximum atomic E-state index is 12.1. The number of rotatable bonds is 3. The third kappa shape index (κ3) is 2.77. The lowest BCUT2D eigenvalue weighted by atomic mass is 10.3. The minimum absolute atomic E-state index is 0.0977. The first-order valence-corrected chi connectivity index (χ1v) is 7.09. The molecule has 18 heavy (non-hydrogen) atoms. The van der Waals surface area contributed by atoms with E-state index in [2.05, 4.69) is 30.6 Å². The highest BCUT2D eigenvalue weighted by molar-refractivity contribution is 9.10.